The van der Waals surface area contributed by atoms with Crippen molar-refractivity contribution in [2.75, 3.05) is 11.0 Å². The first-order chi connectivity index (χ1) is 4.64. The third-order valence-electron chi connectivity index (χ3n) is 1.12. The number of hydrogen-bond acceptors (Lipinski definition) is 3. The predicted octanol–water partition coefficient (Wildman–Crippen LogP) is 2.80. The lowest BCUT2D eigenvalue weighted by Crippen LogP contribution is -2.15. The first kappa shape index (κ1) is 8.75. The van der Waals surface area contributed by atoms with E-state index in [2.05, 4.69) is 18.8 Å². The largest absolute Gasteiger partial charge is 0.265 e. The van der Waals surface area contributed by atoms with Gasteiger partial charge in [-0.15, -0.1) is 11.6 Å². The molecule has 0 atom stereocenters. The summed E-state index contributed by atoms with van der Waals surface area (Å²) in [7, 11) is 0. The number of alkyl halides is 1. The molecule has 0 aromatic rings. The molecule has 0 bridgehead atoms. The lowest BCUT2D eigenvalue weighted by Gasteiger charge is -2.09. The molecule has 1 nitrogen and oxygen atoms in total. The van der Waals surface area contributed by atoms with E-state index in [1.165, 1.54) is 0 Å². The number of aliphatic imine (C=N–C) groups is 1. The minimum absolute atomic E-state index is 0.138. The molecule has 0 unspecified atom stereocenters. The van der Waals surface area contributed by atoms with Crippen LogP contribution in [0, 0.1) is 0 Å². The van der Waals surface area contributed by atoms with E-state index >= 15 is 0 Å². The minimum atomic E-state index is 0.138. The number of halogens is 1. The van der Waals surface area contributed by atoms with Gasteiger partial charge in [0.15, 0.2) is 0 Å². The highest BCUT2D eigenvalue weighted by Gasteiger charge is 2.24. The van der Waals surface area contributed by atoms with Gasteiger partial charge in [0.25, 0.3) is 0 Å². The molecular formula is C6H10ClNS2. The zero-order valence-electron chi connectivity index (χ0n) is 6.06. The molecule has 1 aliphatic heterocycles. The first-order valence-corrected chi connectivity index (χ1v) is 5.56. The summed E-state index contributed by atoms with van der Waals surface area (Å²) in [6.07, 6.45) is 0. The highest BCUT2D eigenvalue weighted by atomic mass is 35.5. The van der Waals surface area contributed by atoms with Crippen molar-refractivity contribution in [3.05, 3.63) is 0 Å². The SMILES string of the molecule is CC1(C)CSC(SCCl)=N1. The van der Waals surface area contributed by atoms with E-state index in [-0.39, 0.29) is 5.54 Å². The summed E-state index contributed by atoms with van der Waals surface area (Å²) in [6.45, 7) is 4.28. The zero-order valence-corrected chi connectivity index (χ0v) is 8.44. The van der Waals surface area contributed by atoms with Gasteiger partial charge >= 0.3 is 0 Å². The van der Waals surface area contributed by atoms with E-state index in [4.69, 9.17) is 11.6 Å². The topological polar surface area (TPSA) is 12.4 Å². The fourth-order valence-corrected chi connectivity index (χ4v) is 3.12. The van der Waals surface area contributed by atoms with Gasteiger partial charge in [-0.05, 0) is 13.8 Å². The van der Waals surface area contributed by atoms with Gasteiger partial charge in [0.2, 0.25) is 0 Å². The Hall–Kier alpha value is 0.660. The molecule has 0 aromatic carbocycles. The second kappa shape index (κ2) is 3.37. The third-order valence-corrected chi connectivity index (χ3v) is 3.79. The van der Waals surface area contributed by atoms with Crippen LogP contribution in [0.1, 0.15) is 13.8 Å². The van der Waals surface area contributed by atoms with Gasteiger partial charge in [0.05, 0.1) is 10.8 Å². The predicted molar refractivity (Wildman–Crippen MR) is 52.3 cm³/mol. The lowest BCUT2D eigenvalue weighted by atomic mass is 10.1. The Bertz CT molecular complexity index is 156. The maximum Gasteiger partial charge on any atom is 0.126 e. The summed E-state index contributed by atoms with van der Waals surface area (Å²) in [5.74, 6) is 1.09. The number of rotatable bonds is 1. The van der Waals surface area contributed by atoms with Crippen LogP contribution in [0.25, 0.3) is 0 Å². The van der Waals surface area contributed by atoms with Crippen LogP contribution in [0.4, 0.5) is 0 Å². The molecule has 1 aliphatic rings. The summed E-state index contributed by atoms with van der Waals surface area (Å²) in [5, 5.41) is 0.613. The highest BCUT2D eigenvalue weighted by molar-refractivity contribution is 8.39. The molecule has 0 saturated heterocycles. The summed E-state index contributed by atoms with van der Waals surface area (Å²) >= 11 is 8.97. The standard InChI is InChI=1S/C6H10ClNS2/c1-6(2)3-9-5(8-6)10-4-7/h3-4H2,1-2H3. The van der Waals surface area contributed by atoms with Crippen molar-refractivity contribution in [1.29, 1.82) is 0 Å². The third kappa shape index (κ3) is 2.36. The molecule has 0 amide bonds. The number of hydrogen-bond donors (Lipinski definition) is 0. The monoisotopic (exact) mass is 195 g/mol. The van der Waals surface area contributed by atoms with Crippen LogP contribution in [-0.2, 0) is 0 Å². The zero-order chi connectivity index (χ0) is 7.61. The molecule has 0 spiro atoms. The van der Waals surface area contributed by atoms with Crippen LogP contribution in [0.2, 0.25) is 0 Å². The van der Waals surface area contributed by atoms with Crippen molar-refractivity contribution < 1.29 is 0 Å². The Balaban J connectivity index is 2.49. The maximum absolute atomic E-state index is 5.54. The van der Waals surface area contributed by atoms with Crippen molar-refractivity contribution in [3.63, 3.8) is 0 Å². The van der Waals surface area contributed by atoms with Crippen LogP contribution in [0.3, 0.4) is 0 Å². The van der Waals surface area contributed by atoms with Gasteiger partial charge in [-0.2, -0.15) is 0 Å². The first-order valence-electron chi connectivity index (χ1n) is 3.05. The Morgan fingerprint density at radius 1 is 1.80 bits per heavy atom. The Labute approximate surface area is 75.0 Å². The van der Waals surface area contributed by atoms with Crippen LogP contribution in [0.5, 0.6) is 0 Å². The van der Waals surface area contributed by atoms with E-state index in [9.17, 15) is 0 Å². The van der Waals surface area contributed by atoms with Crippen LogP contribution in [-0.4, -0.2) is 20.9 Å². The van der Waals surface area contributed by atoms with Crippen molar-refractivity contribution in [1.82, 2.24) is 0 Å². The van der Waals surface area contributed by atoms with E-state index in [0.717, 1.165) is 10.1 Å². The molecule has 0 N–H and O–H groups in total. The smallest absolute Gasteiger partial charge is 0.126 e. The molecule has 0 radical (unpaired) electrons. The van der Waals surface area contributed by atoms with Gasteiger partial charge in [0.1, 0.15) is 4.38 Å². The molecule has 4 heteroatoms. The summed E-state index contributed by atoms with van der Waals surface area (Å²) < 4.78 is 1.14. The fourth-order valence-electron chi connectivity index (χ4n) is 0.671. The number of nitrogens with zero attached hydrogens (tertiary/aromatic N) is 1. The van der Waals surface area contributed by atoms with Gasteiger partial charge in [0, 0.05) is 5.75 Å². The Morgan fingerprint density at radius 2 is 2.50 bits per heavy atom. The molecule has 1 rings (SSSR count). The summed E-state index contributed by atoms with van der Waals surface area (Å²) in [5.41, 5.74) is 0.138. The van der Waals surface area contributed by atoms with Crippen LogP contribution < -0.4 is 0 Å². The summed E-state index contributed by atoms with van der Waals surface area (Å²) in [4.78, 5) is 4.47. The summed E-state index contributed by atoms with van der Waals surface area (Å²) in [6, 6.07) is 0. The molecule has 58 valence electrons. The van der Waals surface area contributed by atoms with Crippen LogP contribution in [0.15, 0.2) is 4.99 Å². The molecule has 10 heavy (non-hydrogen) atoms. The van der Waals surface area contributed by atoms with Crippen molar-refractivity contribution in [2.24, 2.45) is 4.99 Å². The van der Waals surface area contributed by atoms with Gasteiger partial charge in [-0.1, -0.05) is 23.5 Å². The average Bonchev–Trinajstić information content (AvgIpc) is 2.12. The fraction of sp³-hybridized carbons (Fsp3) is 0.833. The highest BCUT2D eigenvalue weighted by Crippen LogP contribution is 2.32. The van der Waals surface area contributed by atoms with E-state index in [1.807, 2.05) is 0 Å². The minimum Gasteiger partial charge on any atom is -0.265 e. The molecule has 0 fully saturated rings. The molecule has 0 saturated carbocycles. The van der Waals surface area contributed by atoms with Gasteiger partial charge in [-0.25, -0.2) is 0 Å². The Morgan fingerprint density at radius 3 is 2.90 bits per heavy atom. The van der Waals surface area contributed by atoms with Crippen molar-refractivity contribution in [3.8, 4) is 0 Å². The van der Waals surface area contributed by atoms with Crippen molar-refractivity contribution in [2.45, 2.75) is 19.4 Å². The molecule has 1 heterocycles. The van der Waals surface area contributed by atoms with Gasteiger partial charge in [-0.3, -0.25) is 4.99 Å². The molecular weight excluding hydrogens is 186 g/mol. The normalized spacial score (nSPS) is 22.9. The van der Waals surface area contributed by atoms with E-state index in [0.29, 0.717) is 5.21 Å². The maximum atomic E-state index is 5.54. The second-order valence-electron chi connectivity index (χ2n) is 2.73. The Kier molecular flexibility index (Phi) is 2.95. The quantitative estimate of drug-likeness (QED) is 0.597. The lowest BCUT2D eigenvalue weighted by molar-refractivity contribution is 0.606. The van der Waals surface area contributed by atoms with Crippen LogP contribution >= 0.6 is 35.1 Å². The average molecular weight is 196 g/mol. The molecule has 0 aliphatic carbocycles. The van der Waals surface area contributed by atoms with Gasteiger partial charge < -0.3 is 0 Å². The van der Waals surface area contributed by atoms with E-state index < -0.39 is 0 Å². The number of thioether (sulfide) groups is 2. The second-order valence-corrected chi connectivity index (χ2v) is 5.50. The van der Waals surface area contributed by atoms with Crippen molar-refractivity contribution >= 4 is 39.5 Å². The molecule has 0 aromatic heterocycles. The van der Waals surface area contributed by atoms with E-state index in [1.54, 1.807) is 23.5 Å².